The Morgan fingerprint density at radius 2 is 1.38 bits per heavy atom. The smallest absolute Gasteiger partial charge is 0.586 e. The van der Waals surface area contributed by atoms with E-state index in [1.165, 1.54) is 12.1 Å². The van der Waals surface area contributed by atoms with Crippen molar-refractivity contribution >= 4 is 26.7 Å². The van der Waals surface area contributed by atoms with Gasteiger partial charge in [-0.1, -0.05) is 6.07 Å². The molecule has 0 fully saturated rings. The number of nitro benzene ring substituents is 1. The number of hydrogen-bond donors (Lipinski definition) is 0. The quantitative estimate of drug-likeness (QED) is 0.167. The molecule has 0 aromatic heterocycles. The Morgan fingerprint density at radius 1 is 0.897 bits per heavy atom. The van der Waals surface area contributed by atoms with Crippen LogP contribution < -0.4 is 0 Å². The molecule has 2 aromatic carbocycles. The van der Waals surface area contributed by atoms with Crippen molar-refractivity contribution in [3.8, 4) is 0 Å². The van der Waals surface area contributed by atoms with Crippen LogP contribution in [0.3, 0.4) is 0 Å². The minimum absolute atomic E-state index is 0.149. The van der Waals surface area contributed by atoms with Gasteiger partial charge in [0.05, 0.1) is 11.0 Å². The van der Waals surface area contributed by atoms with E-state index in [-0.39, 0.29) is 9.79 Å². The minimum Gasteiger partial charge on any atom is -0.741 e. The standard InChI is InChI=1S/C13H8F4NO2S.CHF3O3S/c14-9-4-6-11(7-5-9)21(13(15,16)17)12-3-1-2-10(8-12)18(19)20;2-1(3,4)8(5,6)7/h1-8H;(H,5,6,7)/q+1;/p-1. The van der Waals surface area contributed by atoms with Crippen LogP contribution in [0.2, 0.25) is 0 Å². The number of non-ortho nitro benzene ring substituents is 1. The third-order valence-corrected chi connectivity index (χ3v) is 5.33. The average Bonchev–Trinajstić information content (AvgIpc) is 2.55. The normalized spacial score (nSPS) is 13.2. The van der Waals surface area contributed by atoms with Gasteiger partial charge in [0, 0.05) is 6.07 Å². The summed E-state index contributed by atoms with van der Waals surface area (Å²) in [4.78, 5) is 9.54. The molecule has 2 rings (SSSR count). The maximum absolute atomic E-state index is 13.3. The van der Waals surface area contributed by atoms with E-state index in [0.717, 1.165) is 36.4 Å². The SMILES string of the molecule is O=S(=O)([O-])C(F)(F)F.O=[N+]([O-])c1cccc([S+](c2ccc(F)cc2)C(F)(F)F)c1. The minimum atomic E-state index is -6.09. The van der Waals surface area contributed by atoms with Gasteiger partial charge in [0.1, 0.15) is 5.82 Å². The van der Waals surface area contributed by atoms with Gasteiger partial charge in [0.2, 0.25) is 0 Å². The van der Waals surface area contributed by atoms with Crippen molar-refractivity contribution in [2.75, 3.05) is 0 Å². The molecule has 0 aliphatic heterocycles. The summed E-state index contributed by atoms with van der Waals surface area (Å²) < 4.78 is 112. The lowest BCUT2D eigenvalue weighted by atomic mass is 10.3. The van der Waals surface area contributed by atoms with Crippen molar-refractivity contribution < 1.29 is 48.6 Å². The molecule has 29 heavy (non-hydrogen) atoms. The van der Waals surface area contributed by atoms with E-state index in [1.807, 2.05) is 0 Å². The Morgan fingerprint density at radius 3 is 1.76 bits per heavy atom. The van der Waals surface area contributed by atoms with Crippen LogP contribution in [0.1, 0.15) is 0 Å². The van der Waals surface area contributed by atoms with Crippen molar-refractivity contribution in [1.82, 2.24) is 0 Å². The van der Waals surface area contributed by atoms with Crippen molar-refractivity contribution in [3.63, 3.8) is 0 Å². The monoisotopic (exact) mass is 467 g/mol. The summed E-state index contributed by atoms with van der Waals surface area (Å²) in [5, 5.41) is 10.7. The first-order chi connectivity index (χ1) is 13.0. The van der Waals surface area contributed by atoms with Crippen LogP contribution in [0.25, 0.3) is 0 Å². The second-order valence-electron chi connectivity index (χ2n) is 4.86. The summed E-state index contributed by atoms with van der Waals surface area (Å²) in [5.74, 6) is -0.650. The number of hydrogen-bond acceptors (Lipinski definition) is 5. The van der Waals surface area contributed by atoms with E-state index in [9.17, 15) is 40.8 Å². The average molecular weight is 467 g/mol. The Labute approximate surface area is 161 Å². The van der Waals surface area contributed by atoms with Gasteiger partial charge in [-0.3, -0.25) is 10.1 Å². The van der Waals surface area contributed by atoms with Gasteiger partial charge in [-0.25, -0.2) is 12.8 Å². The number of nitrogens with zero attached hydrogens (tertiary/aromatic N) is 1. The third kappa shape index (κ3) is 7.17. The highest BCUT2D eigenvalue weighted by Crippen LogP contribution is 2.39. The molecule has 0 bridgehead atoms. The summed E-state index contributed by atoms with van der Waals surface area (Å²) in [5.41, 5.74) is -10.7. The molecule has 1 unspecified atom stereocenters. The molecular formula is C14H8F7NO5S2. The Kier molecular flexibility index (Phi) is 7.61. The molecule has 15 heteroatoms. The molecule has 0 saturated carbocycles. The lowest BCUT2D eigenvalue weighted by molar-refractivity contribution is -0.385. The molecule has 0 N–H and O–H groups in total. The molecule has 0 heterocycles. The topological polar surface area (TPSA) is 100 Å². The molecule has 1 atom stereocenters. The highest BCUT2D eigenvalue weighted by molar-refractivity contribution is 7.97. The van der Waals surface area contributed by atoms with Gasteiger partial charge >= 0.3 is 11.0 Å². The molecule has 160 valence electrons. The van der Waals surface area contributed by atoms with Crippen molar-refractivity contribution in [3.05, 3.63) is 64.5 Å². The van der Waals surface area contributed by atoms with Gasteiger partial charge in [0.15, 0.2) is 30.8 Å². The van der Waals surface area contributed by atoms with Gasteiger partial charge < -0.3 is 4.55 Å². The molecule has 0 aliphatic carbocycles. The number of alkyl halides is 6. The predicted molar refractivity (Wildman–Crippen MR) is 85.2 cm³/mol. The summed E-state index contributed by atoms with van der Waals surface area (Å²) in [7, 11) is -8.47. The fourth-order valence-electron chi connectivity index (χ4n) is 1.70. The van der Waals surface area contributed by atoms with E-state index >= 15 is 0 Å². The van der Waals surface area contributed by atoms with E-state index < -0.39 is 48.5 Å². The summed E-state index contributed by atoms with van der Waals surface area (Å²) in [6.45, 7) is 0. The van der Waals surface area contributed by atoms with E-state index in [0.29, 0.717) is 0 Å². The summed E-state index contributed by atoms with van der Waals surface area (Å²) in [6.07, 6.45) is 0. The fourth-order valence-corrected chi connectivity index (χ4v) is 3.37. The Balaban J connectivity index is 0.000000447. The van der Waals surface area contributed by atoms with E-state index in [2.05, 4.69) is 0 Å². The molecule has 0 radical (unpaired) electrons. The second-order valence-corrected chi connectivity index (χ2v) is 8.25. The number of benzene rings is 2. The second kappa shape index (κ2) is 8.96. The summed E-state index contributed by atoms with van der Waals surface area (Å²) in [6, 6.07) is 8.30. The third-order valence-electron chi connectivity index (χ3n) is 2.83. The maximum Gasteiger partial charge on any atom is 0.586 e. The first kappa shape index (κ1) is 24.6. The van der Waals surface area contributed by atoms with Crippen LogP contribution in [-0.4, -0.2) is 28.9 Å². The fraction of sp³-hybridized carbons (Fsp3) is 0.143. The zero-order chi connectivity index (χ0) is 22.6. The van der Waals surface area contributed by atoms with Crippen LogP contribution in [0.5, 0.6) is 0 Å². The maximum atomic E-state index is 13.3. The molecule has 0 spiro atoms. The van der Waals surface area contributed by atoms with Gasteiger partial charge in [-0.05, 0) is 30.3 Å². The van der Waals surface area contributed by atoms with E-state index in [4.69, 9.17) is 13.0 Å². The first-order valence-electron chi connectivity index (χ1n) is 6.87. The highest BCUT2D eigenvalue weighted by atomic mass is 32.2. The van der Waals surface area contributed by atoms with Gasteiger partial charge in [0.25, 0.3) is 5.69 Å². The van der Waals surface area contributed by atoms with Crippen molar-refractivity contribution in [2.45, 2.75) is 20.8 Å². The molecule has 0 amide bonds. The predicted octanol–water partition coefficient (Wildman–Crippen LogP) is 4.34. The number of nitro groups is 1. The molecule has 2 aromatic rings. The van der Waals surface area contributed by atoms with Crippen LogP contribution in [0.15, 0.2) is 58.3 Å². The van der Waals surface area contributed by atoms with Crippen LogP contribution in [0.4, 0.5) is 36.4 Å². The highest BCUT2D eigenvalue weighted by Gasteiger charge is 2.54. The lowest BCUT2D eigenvalue weighted by Gasteiger charge is -2.09. The zero-order valence-corrected chi connectivity index (χ0v) is 15.2. The largest absolute Gasteiger partial charge is 0.741 e. The summed E-state index contributed by atoms with van der Waals surface area (Å²) >= 11 is 0. The molecule has 6 nitrogen and oxygen atoms in total. The van der Waals surface area contributed by atoms with Crippen LogP contribution in [-0.2, 0) is 21.0 Å². The van der Waals surface area contributed by atoms with Crippen molar-refractivity contribution in [1.29, 1.82) is 0 Å². The molecular weight excluding hydrogens is 459 g/mol. The first-order valence-corrected chi connectivity index (χ1v) is 9.50. The zero-order valence-electron chi connectivity index (χ0n) is 13.6. The number of halogens is 7. The Hall–Kier alpha value is -2.39. The van der Waals surface area contributed by atoms with Crippen LogP contribution in [0, 0.1) is 15.9 Å². The number of rotatable bonds is 3. The van der Waals surface area contributed by atoms with Gasteiger partial charge in [-0.15, -0.1) is 13.2 Å². The van der Waals surface area contributed by atoms with Crippen molar-refractivity contribution in [2.24, 2.45) is 0 Å². The lowest BCUT2D eigenvalue weighted by Crippen LogP contribution is -2.24. The van der Waals surface area contributed by atoms with Crippen LogP contribution >= 0.6 is 0 Å². The molecule has 0 saturated heterocycles. The Bertz CT molecular complexity index is 960. The van der Waals surface area contributed by atoms with E-state index in [1.54, 1.807) is 0 Å². The molecule has 0 aliphatic rings. The van der Waals surface area contributed by atoms with Gasteiger partial charge in [-0.2, -0.15) is 13.2 Å².